The van der Waals surface area contributed by atoms with Crippen LogP contribution in [-0.4, -0.2) is 46.5 Å². The summed E-state index contributed by atoms with van der Waals surface area (Å²) in [6, 6.07) is 19.1. The Balaban J connectivity index is 1.68. The number of thiol groups is 1. The highest BCUT2D eigenvalue weighted by Gasteiger charge is 2.39. The van der Waals surface area contributed by atoms with Crippen LogP contribution in [0, 0.1) is 0 Å². The number of benzene rings is 2. The molecule has 0 N–H and O–H groups in total. The van der Waals surface area contributed by atoms with Gasteiger partial charge in [-0.1, -0.05) is 60.7 Å². The number of likely N-dealkylation sites (N-methyl/N-ethyl adjacent to an activating group) is 1. The average Bonchev–Trinajstić information content (AvgIpc) is 3.04. The number of nitrogens with zero attached hydrogens (tertiary/aromatic N) is 2. The van der Waals surface area contributed by atoms with Gasteiger partial charge in [0.25, 0.3) is 0 Å². The minimum absolute atomic E-state index is 0.0146. The van der Waals surface area contributed by atoms with Gasteiger partial charge in [-0.05, 0) is 17.5 Å². The van der Waals surface area contributed by atoms with Crippen molar-refractivity contribution >= 4 is 24.4 Å². The number of carbonyl (C=O) groups is 2. The van der Waals surface area contributed by atoms with Gasteiger partial charge in [0.15, 0.2) is 0 Å². The molecule has 2 amide bonds. The Kier molecular flexibility index (Phi) is 5.99. The van der Waals surface area contributed by atoms with E-state index < -0.39 is 6.04 Å². The maximum absolute atomic E-state index is 13.0. The zero-order valence-electron chi connectivity index (χ0n) is 14.9. The van der Waals surface area contributed by atoms with Crippen LogP contribution in [0.4, 0.5) is 0 Å². The molecular formula is C21H24N2O2S. The molecule has 1 saturated heterocycles. The first-order valence-electron chi connectivity index (χ1n) is 8.85. The maximum Gasteiger partial charge on any atom is 0.245 e. The third-order valence-corrected chi connectivity index (χ3v) is 5.10. The first-order chi connectivity index (χ1) is 12.5. The Hall–Kier alpha value is -2.27. The fraction of sp³-hybridized carbons (Fsp3) is 0.333. The summed E-state index contributed by atoms with van der Waals surface area (Å²) in [5, 5.41) is 0.0359. The molecule has 0 aliphatic carbocycles. The van der Waals surface area contributed by atoms with E-state index in [-0.39, 0.29) is 17.1 Å². The van der Waals surface area contributed by atoms with Gasteiger partial charge in [-0.3, -0.25) is 9.59 Å². The molecule has 0 aromatic heterocycles. The molecule has 26 heavy (non-hydrogen) atoms. The summed E-state index contributed by atoms with van der Waals surface area (Å²) in [7, 11) is 1.79. The van der Waals surface area contributed by atoms with E-state index in [9.17, 15) is 9.59 Å². The molecule has 1 aliphatic heterocycles. The summed E-state index contributed by atoms with van der Waals surface area (Å²) in [6.45, 7) is 1.05. The Morgan fingerprint density at radius 1 is 1.04 bits per heavy atom. The van der Waals surface area contributed by atoms with E-state index in [4.69, 9.17) is 0 Å². The van der Waals surface area contributed by atoms with Crippen LogP contribution in [0.3, 0.4) is 0 Å². The lowest BCUT2D eigenvalue weighted by atomic mass is 10.1. The van der Waals surface area contributed by atoms with Crippen molar-refractivity contribution < 1.29 is 9.59 Å². The van der Waals surface area contributed by atoms with Crippen LogP contribution in [0.1, 0.15) is 17.5 Å². The first-order valence-corrected chi connectivity index (χ1v) is 9.36. The highest BCUT2D eigenvalue weighted by atomic mass is 32.1. The van der Waals surface area contributed by atoms with Gasteiger partial charge in [0.2, 0.25) is 11.8 Å². The van der Waals surface area contributed by atoms with Crippen molar-refractivity contribution in [3.05, 3.63) is 71.8 Å². The molecule has 0 bridgehead atoms. The van der Waals surface area contributed by atoms with Crippen molar-refractivity contribution in [3.8, 4) is 0 Å². The van der Waals surface area contributed by atoms with Crippen LogP contribution in [0.15, 0.2) is 60.7 Å². The van der Waals surface area contributed by atoms with Crippen molar-refractivity contribution in [1.82, 2.24) is 9.80 Å². The van der Waals surface area contributed by atoms with Gasteiger partial charge in [0.1, 0.15) is 6.04 Å². The summed E-state index contributed by atoms with van der Waals surface area (Å²) in [4.78, 5) is 29.1. The molecule has 2 atom stereocenters. The Bertz CT molecular complexity index is 751. The quantitative estimate of drug-likeness (QED) is 0.825. The number of carbonyl (C=O) groups excluding carboxylic acids is 2. The minimum atomic E-state index is -0.428. The van der Waals surface area contributed by atoms with E-state index in [1.165, 1.54) is 0 Å². The zero-order valence-corrected chi connectivity index (χ0v) is 15.8. The van der Waals surface area contributed by atoms with Crippen LogP contribution < -0.4 is 0 Å². The molecule has 1 heterocycles. The van der Waals surface area contributed by atoms with Gasteiger partial charge < -0.3 is 9.80 Å². The Morgan fingerprint density at radius 3 is 2.23 bits per heavy atom. The van der Waals surface area contributed by atoms with E-state index in [1.807, 2.05) is 60.7 Å². The summed E-state index contributed by atoms with van der Waals surface area (Å²) < 4.78 is 0. The molecule has 0 radical (unpaired) electrons. The summed E-state index contributed by atoms with van der Waals surface area (Å²) in [5.74, 6) is -0.0361. The molecule has 1 aliphatic rings. The van der Waals surface area contributed by atoms with Crippen LogP contribution in [0.2, 0.25) is 0 Å². The SMILES string of the molecule is CN(Cc1ccccc1)C(=O)[C@H]1C[C@@H](S)CN1C(=O)Cc1ccccc1. The predicted octanol–water partition coefficient (Wildman–Crippen LogP) is 2.79. The number of amides is 2. The lowest BCUT2D eigenvalue weighted by Crippen LogP contribution is -2.46. The van der Waals surface area contributed by atoms with Gasteiger partial charge in [-0.2, -0.15) is 12.6 Å². The van der Waals surface area contributed by atoms with Crippen molar-refractivity contribution in [2.24, 2.45) is 0 Å². The highest BCUT2D eigenvalue weighted by molar-refractivity contribution is 7.81. The smallest absolute Gasteiger partial charge is 0.245 e. The summed E-state index contributed by atoms with van der Waals surface area (Å²) >= 11 is 4.53. The minimum Gasteiger partial charge on any atom is -0.340 e. The van der Waals surface area contributed by atoms with Crippen LogP contribution in [-0.2, 0) is 22.6 Å². The second-order valence-electron chi connectivity index (χ2n) is 6.79. The third kappa shape index (κ3) is 4.47. The normalized spacial score (nSPS) is 19.4. The van der Waals surface area contributed by atoms with Crippen LogP contribution in [0.25, 0.3) is 0 Å². The Labute approximate surface area is 160 Å². The fourth-order valence-corrected chi connectivity index (χ4v) is 3.76. The highest BCUT2D eigenvalue weighted by Crippen LogP contribution is 2.25. The second kappa shape index (κ2) is 8.41. The van der Waals surface area contributed by atoms with Gasteiger partial charge >= 0.3 is 0 Å². The van der Waals surface area contributed by atoms with Gasteiger partial charge in [0.05, 0.1) is 6.42 Å². The van der Waals surface area contributed by atoms with Gasteiger partial charge in [0, 0.05) is 25.4 Å². The molecule has 2 aromatic rings. The first kappa shape index (κ1) is 18.5. The number of hydrogen-bond acceptors (Lipinski definition) is 3. The van der Waals surface area contributed by atoms with Gasteiger partial charge in [-0.25, -0.2) is 0 Å². The number of rotatable bonds is 5. The fourth-order valence-electron chi connectivity index (χ4n) is 3.39. The summed E-state index contributed by atoms with van der Waals surface area (Å²) in [5.41, 5.74) is 2.04. The van der Waals surface area contributed by atoms with Crippen LogP contribution >= 0.6 is 12.6 Å². The standard InChI is InChI=1S/C21H24N2O2S/c1-22(14-17-10-6-3-7-11-17)21(25)19-13-18(26)15-23(19)20(24)12-16-8-4-2-5-9-16/h2-11,18-19,26H,12-15H2,1H3/t18-,19-/m1/s1. The predicted molar refractivity (Wildman–Crippen MR) is 106 cm³/mol. The maximum atomic E-state index is 13.0. The molecule has 1 fully saturated rings. The van der Waals surface area contributed by atoms with Crippen molar-refractivity contribution in [2.75, 3.05) is 13.6 Å². The average molecular weight is 369 g/mol. The lowest BCUT2D eigenvalue weighted by molar-refractivity contribution is -0.143. The largest absolute Gasteiger partial charge is 0.340 e. The molecular weight excluding hydrogens is 344 g/mol. The monoisotopic (exact) mass is 368 g/mol. The molecule has 5 heteroatoms. The van der Waals surface area contributed by atoms with Crippen molar-refractivity contribution in [1.29, 1.82) is 0 Å². The van der Waals surface area contributed by atoms with E-state index in [0.717, 1.165) is 11.1 Å². The van der Waals surface area contributed by atoms with Crippen LogP contribution in [0.5, 0.6) is 0 Å². The third-order valence-electron chi connectivity index (χ3n) is 4.72. The van der Waals surface area contributed by atoms with E-state index in [2.05, 4.69) is 12.6 Å². The molecule has 2 aromatic carbocycles. The van der Waals surface area contributed by atoms with E-state index in [0.29, 0.717) is 25.9 Å². The van der Waals surface area contributed by atoms with Crippen molar-refractivity contribution in [3.63, 3.8) is 0 Å². The van der Waals surface area contributed by atoms with Crippen molar-refractivity contribution in [2.45, 2.75) is 30.7 Å². The van der Waals surface area contributed by atoms with E-state index in [1.54, 1.807) is 16.8 Å². The number of likely N-dealkylation sites (tertiary alicyclic amines) is 1. The molecule has 0 saturated carbocycles. The molecule has 136 valence electrons. The van der Waals surface area contributed by atoms with Gasteiger partial charge in [-0.15, -0.1) is 0 Å². The second-order valence-corrected chi connectivity index (χ2v) is 7.52. The topological polar surface area (TPSA) is 40.6 Å². The molecule has 0 spiro atoms. The van der Waals surface area contributed by atoms with E-state index >= 15 is 0 Å². The lowest BCUT2D eigenvalue weighted by Gasteiger charge is -2.28. The zero-order chi connectivity index (χ0) is 18.5. The Morgan fingerprint density at radius 2 is 1.62 bits per heavy atom. The molecule has 0 unspecified atom stereocenters. The molecule has 3 rings (SSSR count). The number of hydrogen-bond donors (Lipinski definition) is 1. The summed E-state index contributed by atoms with van der Waals surface area (Å²) in [6.07, 6.45) is 0.912. The molecule has 4 nitrogen and oxygen atoms in total.